The summed E-state index contributed by atoms with van der Waals surface area (Å²) in [6.07, 6.45) is -1.06. The van der Waals surface area contributed by atoms with Crippen LogP contribution in [-0.4, -0.2) is 30.9 Å². The van der Waals surface area contributed by atoms with Crippen molar-refractivity contribution in [1.82, 2.24) is 14.5 Å². The minimum atomic E-state index is -4.09. The molecule has 8 nitrogen and oxygen atoms in total. The number of carbonyl (C=O) groups is 1. The second kappa shape index (κ2) is 8.46. The number of nitrogens with zero attached hydrogens (tertiary/aromatic N) is 2. The molecule has 1 amide bonds. The molecule has 1 aromatic heterocycles. The predicted octanol–water partition coefficient (Wildman–Crippen LogP) is 2.99. The number of hydrogen-bond acceptors (Lipinski definition) is 6. The van der Waals surface area contributed by atoms with Gasteiger partial charge in [0.2, 0.25) is 0 Å². The van der Waals surface area contributed by atoms with Crippen LogP contribution in [0.2, 0.25) is 5.02 Å². The van der Waals surface area contributed by atoms with Gasteiger partial charge in [0.1, 0.15) is 0 Å². The Labute approximate surface area is 171 Å². The molecule has 2 aromatic carbocycles. The second-order valence-corrected chi connectivity index (χ2v) is 7.91. The Bertz CT molecular complexity index is 1190. The van der Waals surface area contributed by atoms with Crippen LogP contribution >= 0.6 is 11.6 Å². The number of rotatable bonds is 5. The fourth-order valence-electron chi connectivity index (χ4n) is 2.47. The van der Waals surface area contributed by atoms with Crippen molar-refractivity contribution in [2.24, 2.45) is 0 Å². The molecule has 0 fully saturated rings. The van der Waals surface area contributed by atoms with Crippen LogP contribution in [-0.2, 0) is 14.8 Å². The molecule has 1 N–H and O–H groups in total. The van der Waals surface area contributed by atoms with Gasteiger partial charge in [-0.05, 0) is 49.4 Å². The highest BCUT2D eigenvalue weighted by molar-refractivity contribution is 7.90. The van der Waals surface area contributed by atoms with Crippen molar-refractivity contribution in [3.05, 3.63) is 76.0 Å². The maximum Gasteiger partial charge on any atom is 0.421 e. The van der Waals surface area contributed by atoms with Crippen molar-refractivity contribution in [1.29, 1.82) is 0 Å². The number of aromatic nitrogens is 2. The lowest BCUT2D eigenvalue weighted by molar-refractivity contribution is 0.158. The summed E-state index contributed by atoms with van der Waals surface area (Å²) in [5.74, 6) is 0. The minimum absolute atomic E-state index is 0.0405. The number of ether oxygens (including phenoxy) is 1. The summed E-state index contributed by atoms with van der Waals surface area (Å²) >= 11 is 5.89. The average molecular weight is 434 g/mol. The molecule has 0 atom stereocenters. The van der Waals surface area contributed by atoms with Crippen molar-refractivity contribution in [3.8, 4) is 16.9 Å². The summed E-state index contributed by atoms with van der Waals surface area (Å²) in [7, 11) is -4.09. The molecule has 3 aromatic rings. The van der Waals surface area contributed by atoms with Gasteiger partial charge < -0.3 is 4.74 Å². The second-order valence-electron chi connectivity index (χ2n) is 5.80. The number of benzene rings is 2. The Morgan fingerprint density at radius 1 is 1.07 bits per heavy atom. The number of amides is 1. The molecule has 0 unspecified atom stereocenters. The first kappa shape index (κ1) is 20.6. The normalized spacial score (nSPS) is 11.1. The van der Waals surface area contributed by atoms with E-state index in [4.69, 9.17) is 11.6 Å². The highest BCUT2D eigenvalue weighted by atomic mass is 35.5. The topological polar surface area (TPSA) is 107 Å². The van der Waals surface area contributed by atoms with Gasteiger partial charge in [0.25, 0.3) is 15.6 Å². The van der Waals surface area contributed by atoms with Gasteiger partial charge in [0.05, 0.1) is 22.9 Å². The van der Waals surface area contributed by atoms with E-state index in [0.717, 1.165) is 10.2 Å². The smallest absolute Gasteiger partial charge is 0.421 e. The van der Waals surface area contributed by atoms with E-state index in [0.29, 0.717) is 16.4 Å². The maximum absolute atomic E-state index is 12.2. The van der Waals surface area contributed by atoms with Crippen molar-refractivity contribution in [2.45, 2.75) is 11.8 Å². The third kappa shape index (κ3) is 4.82. The van der Waals surface area contributed by atoms with Gasteiger partial charge in [0, 0.05) is 16.7 Å². The molecule has 0 aliphatic carbocycles. The summed E-state index contributed by atoms with van der Waals surface area (Å²) in [6.45, 7) is 1.60. The molecule has 0 bridgehead atoms. The van der Waals surface area contributed by atoms with E-state index in [-0.39, 0.29) is 17.1 Å². The van der Waals surface area contributed by atoms with Crippen LogP contribution in [0.5, 0.6) is 0 Å². The van der Waals surface area contributed by atoms with Crippen molar-refractivity contribution in [2.75, 3.05) is 6.61 Å². The van der Waals surface area contributed by atoms with Gasteiger partial charge in [-0.3, -0.25) is 4.79 Å². The molecule has 10 heteroatoms. The van der Waals surface area contributed by atoms with Crippen LogP contribution in [0.4, 0.5) is 4.79 Å². The molecule has 0 aliphatic rings. The minimum Gasteiger partial charge on any atom is -0.449 e. The lowest BCUT2D eigenvalue weighted by atomic mass is 10.1. The highest BCUT2D eigenvalue weighted by Gasteiger charge is 2.18. The van der Waals surface area contributed by atoms with Gasteiger partial charge in [0.15, 0.2) is 0 Å². The molecule has 0 saturated heterocycles. The van der Waals surface area contributed by atoms with Crippen LogP contribution in [0.3, 0.4) is 0 Å². The Morgan fingerprint density at radius 2 is 1.72 bits per heavy atom. The molecule has 29 heavy (non-hydrogen) atoms. The van der Waals surface area contributed by atoms with Crippen LogP contribution < -0.4 is 10.3 Å². The molecular formula is C19H16ClN3O5S. The Hall–Kier alpha value is -3.17. The lowest BCUT2D eigenvalue weighted by Crippen LogP contribution is -2.31. The van der Waals surface area contributed by atoms with Crippen molar-refractivity contribution >= 4 is 27.7 Å². The van der Waals surface area contributed by atoms with E-state index < -0.39 is 16.1 Å². The number of halogens is 1. The zero-order valence-corrected chi connectivity index (χ0v) is 16.8. The average Bonchev–Trinajstić information content (AvgIpc) is 2.69. The molecule has 0 spiro atoms. The molecule has 150 valence electrons. The summed E-state index contributed by atoms with van der Waals surface area (Å²) in [4.78, 5) is 23.5. The Kier molecular flexibility index (Phi) is 6.00. The number of sulfonamides is 1. The molecule has 3 rings (SSSR count). The summed E-state index contributed by atoms with van der Waals surface area (Å²) in [5.41, 5.74) is 1.28. The van der Waals surface area contributed by atoms with E-state index in [1.54, 1.807) is 42.0 Å². The van der Waals surface area contributed by atoms with Gasteiger partial charge in [-0.2, -0.15) is 9.78 Å². The van der Waals surface area contributed by atoms with E-state index in [1.807, 2.05) is 0 Å². The number of hydrogen-bond donors (Lipinski definition) is 1. The van der Waals surface area contributed by atoms with Gasteiger partial charge in [-0.25, -0.2) is 17.9 Å². The Balaban J connectivity index is 1.92. The third-order valence-electron chi connectivity index (χ3n) is 3.82. The molecule has 0 radical (unpaired) electrons. The molecular weight excluding hydrogens is 418 g/mol. The summed E-state index contributed by atoms with van der Waals surface area (Å²) < 4.78 is 31.9. The van der Waals surface area contributed by atoms with Crippen LogP contribution in [0, 0.1) is 0 Å². The largest absolute Gasteiger partial charge is 0.449 e. The van der Waals surface area contributed by atoms with Gasteiger partial charge >= 0.3 is 6.09 Å². The first-order valence-corrected chi connectivity index (χ1v) is 10.3. The van der Waals surface area contributed by atoms with E-state index in [1.165, 1.54) is 30.3 Å². The first-order valence-electron chi connectivity index (χ1n) is 8.46. The van der Waals surface area contributed by atoms with E-state index in [2.05, 4.69) is 9.84 Å². The van der Waals surface area contributed by atoms with Gasteiger partial charge in [-0.1, -0.05) is 23.7 Å². The summed E-state index contributed by atoms with van der Waals surface area (Å²) in [5, 5.41) is 4.91. The number of carbonyl (C=O) groups excluding carboxylic acids is 1. The van der Waals surface area contributed by atoms with Crippen LogP contribution in [0.1, 0.15) is 6.92 Å². The fourth-order valence-corrected chi connectivity index (χ4v) is 3.48. The fraction of sp³-hybridized carbons (Fsp3) is 0.105. The predicted molar refractivity (Wildman–Crippen MR) is 108 cm³/mol. The maximum atomic E-state index is 12.2. The lowest BCUT2D eigenvalue weighted by Gasteiger charge is -2.09. The summed E-state index contributed by atoms with van der Waals surface area (Å²) in [6, 6.07) is 15.3. The zero-order chi connectivity index (χ0) is 21.0. The quantitative estimate of drug-likeness (QED) is 0.662. The van der Waals surface area contributed by atoms with Crippen LogP contribution in [0.25, 0.3) is 16.9 Å². The third-order valence-corrected chi connectivity index (χ3v) is 5.41. The van der Waals surface area contributed by atoms with E-state index >= 15 is 0 Å². The van der Waals surface area contributed by atoms with Crippen LogP contribution in [0.15, 0.2) is 70.4 Å². The molecule has 1 heterocycles. The molecule has 0 saturated carbocycles. The Morgan fingerprint density at radius 3 is 2.34 bits per heavy atom. The first-order chi connectivity index (χ1) is 13.8. The standard InChI is InChI=1S/C19H16ClN3O5S/c1-2-28-19(25)22-29(26,27)16-9-7-15(8-10-16)23-18(24)12-11-17(21-23)13-3-5-14(20)6-4-13/h3-12H,2H2,1H3,(H,22,25). The number of nitrogens with one attached hydrogen (secondary N) is 1. The molecule has 0 aliphatic heterocycles. The van der Waals surface area contributed by atoms with Gasteiger partial charge in [-0.15, -0.1) is 0 Å². The van der Waals surface area contributed by atoms with Crippen molar-refractivity contribution < 1.29 is 17.9 Å². The van der Waals surface area contributed by atoms with E-state index in [9.17, 15) is 18.0 Å². The van der Waals surface area contributed by atoms with Crippen molar-refractivity contribution in [3.63, 3.8) is 0 Å². The monoisotopic (exact) mass is 433 g/mol. The SMILES string of the molecule is CCOC(=O)NS(=O)(=O)c1ccc(-n2nc(-c3ccc(Cl)cc3)ccc2=O)cc1. The zero-order valence-electron chi connectivity index (χ0n) is 15.2. The highest BCUT2D eigenvalue weighted by Crippen LogP contribution is 2.19.